The fourth-order valence-electron chi connectivity index (χ4n) is 5.02. The molecule has 1 amide bonds. The number of rotatable bonds is 9. The van der Waals surface area contributed by atoms with Crippen molar-refractivity contribution in [2.75, 3.05) is 19.5 Å². The summed E-state index contributed by atoms with van der Waals surface area (Å²) in [6.07, 6.45) is 9.80. The highest BCUT2D eigenvalue weighted by atomic mass is 35.5. The molecule has 1 fully saturated rings. The summed E-state index contributed by atoms with van der Waals surface area (Å²) in [7, 11) is 3.00. The van der Waals surface area contributed by atoms with Crippen LogP contribution in [-0.4, -0.2) is 35.3 Å². The number of ether oxygens (including phenoxy) is 1. The second-order valence-electron chi connectivity index (χ2n) is 10.0. The molecule has 0 spiro atoms. The summed E-state index contributed by atoms with van der Waals surface area (Å²) in [5.74, 6) is 2.17. The highest BCUT2D eigenvalue weighted by molar-refractivity contribution is 6.31. The summed E-state index contributed by atoms with van der Waals surface area (Å²) in [6.45, 7) is 0. The third-order valence-electron chi connectivity index (χ3n) is 7.31. The summed E-state index contributed by atoms with van der Waals surface area (Å²) >= 11 is 6.40. The zero-order valence-electron chi connectivity index (χ0n) is 22.6. The first-order valence-electron chi connectivity index (χ1n) is 13.3. The summed E-state index contributed by atoms with van der Waals surface area (Å²) < 4.78 is 12.1. The largest absolute Gasteiger partial charge is 0.453 e. The number of aromatic amines is 1. The van der Waals surface area contributed by atoms with Crippen LogP contribution in [0.4, 0.5) is 10.5 Å². The van der Waals surface area contributed by atoms with E-state index in [2.05, 4.69) is 32.2 Å². The number of carbonyl (C=O) groups excluding carboxylic acids is 1. The Balaban J connectivity index is 1.33. The van der Waals surface area contributed by atoms with Crippen molar-refractivity contribution in [2.45, 2.75) is 25.2 Å². The van der Waals surface area contributed by atoms with E-state index < -0.39 is 6.09 Å². The minimum absolute atomic E-state index is 0.00128. The number of nitrogens with one attached hydrogen (secondary N) is 2. The second-order valence-corrected chi connectivity index (χ2v) is 10.5. The number of carbonyl (C=O) groups is 1. The first-order chi connectivity index (χ1) is 20.0. The van der Waals surface area contributed by atoms with Crippen molar-refractivity contribution in [1.29, 1.82) is 0 Å². The maximum absolute atomic E-state index is 11.5. The molecule has 1 saturated carbocycles. The molecule has 1 aliphatic rings. The average molecular weight is 571 g/mol. The molecule has 0 aliphatic heterocycles. The van der Waals surface area contributed by atoms with Gasteiger partial charge in [0.05, 0.1) is 30.8 Å². The van der Waals surface area contributed by atoms with E-state index in [0.29, 0.717) is 22.4 Å². The molecule has 1 aliphatic carbocycles. The normalized spacial score (nSPS) is 13.5. The summed E-state index contributed by atoms with van der Waals surface area (Å²) in [5.41, 5.74) is 6.22. The number of amides is 1. The Morgan fingerprint density at radius 3 is 2.61 bits per heavy atom. The minimum atomic E-state index is -0.508. The SMILES string of the molecule is COC(=O)Nc1ccc(-c2cnc(C(CC3CC3)c3ccc(-c4cc(Cl)ccc4-c4cnco4)c[n+]3OC)[nH]2)cc1. The molecule has 1 atom stereocenters. The topological polar surface area (TPSA) is 106 Å². The van der Waals surface area contributed by atoms with Gasteiger partial charge in [-0.25, -0.2) is 14.8 Å². The first-order valence-corrected chi connectivity index (χ1v) is 13.7. The second kappa shape index (κ2) is 11.5. The molecule has 41 heavy (non-hydrogen) atoms. The number of pyridine rings is 1. The third-order valence-corrected chi connectivity index (χ3v) is 7.54. The highest BCUT2D eigenvalue weighted by Crippen LogP contribution is 2.41. The van der Waals surface area contributed by atoms with Crippen molar-refractivity contribution >= 4 is 23.4 Å². The quantitative estimate of drug-likeness (QED) is 0.196. The van der Waals surface area contributed by atoms with Crippen LogP contribution in [0.5, 0.6) is 0 Å². The fraction of sp³-hybridized carbons (Fsp3) is 0.226. The Morgan fingerprint density at radius 1 is 1.10 bits per heavy atom. The van der Waals surface area contributed by atoms with Gasteiger partial charge in [-0.1, -0.05) is 36.6 Å². The van der Waals surface area contributed by atoms with Crippen LogP contribution in [0, 0.1) is 5.92 Å². The van der Waals surface area contributed by atoms with Crippen LogP contribution in [0.1, 0.15) is 36.7 Å². The van der Waals surface area contributed by atoms with Gasteiger partial charge in [-0.2, -0.15) is 0 Å². The average Bonchev–Trinajstić information content (AvgIpc) is 3.42. The van der Waals surface area contributed by atoms with Gasteiger partial charge in [0.1, 0.15) is 18.9 Å². The number of oxazole rings is 1. The lowest BCUT2D eigenvalue weighted by molar-refractivity contribution is -0.890. The van der Waals surface area contributed by atoms with Crippen molar-refractivity contribution < 1.29 is 23.5 Å². The Labute approximate surface area is 242 Å². The lowest BCUT2D eigenvalue weighted by Gasteiger charge is -2.14. The van der Waals surface area contributed by atoms with E-state index in [1.807, 2.05) is 59.6 Å². The fourth-order valence-corrected chi connectivity index (χ4v) is 5.19. The van der Waals surface area contributed by atoms with Crippen molar-refractivity contribution in [1.82, 2.24) is 15.0 Å². The van der Waals surface area contributed by atoms with E-state index in [1.54, 1.807) is 13.3 Å². The van der Waals surface area contributed by atoms with Gasteiger partial charge in [0.15, 0.2) is 12.2 Å². The lowest BCUT2D eigenvalue weighted by Crippen LogP contribution is -2.45. The Hall–Kier alpha value is -4.63. The van der Waals surface area contributed by atoms with Crippen LogP contribution in [0.2, 0.25) is 5.02 Å². The monoisotopic (exact) mass is 570 g/mol. The van der Waals surface area contributed by atoms with Crippen molar-refractivity contribution in [3.8, 4) is 33.7 Å². The Bertz CT molecular complexity index is 1660. The van der Waals surface area contributed by atoms with Crippen LogP contribution < -0.4 is 14.9 Å². The van der Waals surface area contributed by atoms with Crippen LogP contribution in [0.15, 0.2) is 84.0 Å². The number of halogens is 1. The maximum Gasteiger partial charge on any atom is 0.411 e. The van der Waals surface area contributed by atoms with Gasteiger partial charge >= 0.3 is 6.09 Å². The van der Waals surface area contributed by atoms with E-state index in [9.17, 15) is 4.79 Å². The van der Waals surface area contributed by atoms with E-state index in [0.717, 1.165) is 45.9 Å². The molecule has 2 N–H and O–H groups in total. The summed E-state index contributed by atoms with van der Waals surface area (Å²) in [5, 5.41) is 3.29. The number of hydrogen-bond acceptors (Lipinski definition) is 6. The third kappa shape index (κ3) is 5.81. The number of H-pyrrole nitrogens is 1. The molecule has 5 aromatic rings. The predicted molar refractivity (Wildman–Crippen MR) is 154 cm³/mol. The number of methoxy groups -OCH3 is 1. The van der Waals surface area contributed by atoms with Crippen LogP contribution >= 0.6 is 11.6 Å². The number of anilines is 1. The maximum atomic E-state index is 11.5. The number of hydrogen-bond donors (Lipinski definition) is 2. The van der Waals surface area contributed by atoms with Crippen LogP contribution in [0.3, 0.4) is 0 Å². The minimum Gasteiger partial charge on any atom is -0.453 e. The van der Waals surface area contributed by atoms with E-state index in [4.69, 9.17) is 25.8 Å². The van der Waals surface area contributed by atoms with Gasteiger partial charge in [0, 0.05) is 32.6 Å². The molecule has 10 heteroatoms. The summed E-state index contributed by atoms with van der Waals surface area (Å²) in [4.78, 5) is 29.8. The highest BCUT2D eigenvalue weighted by Gasteiger charge is 2.35. The molecule has 1 unspecified atom stereocenters. The smallest absolute Gasteiger partial charge is 0.411 e. The van der Waals surface area contributed by atoms with Gasteiger partial charge in [0.2, 0.25) is 11.9 Å². The van der Waals surface area contributed by atoms with E-state index in [1.165, 1.54) is 26.3 Å². The van der Waals surface area contributed by atoms with E-state index in [-0.39, 0.29) is 5.92 Å². The molecule has 3 aromatic heterocycles. The first kappa shape index (κ1) is 26.6. The zero-order chi connectivity index (χ0) is 28.3. The van der Waals surface area contributed by atoms with Gasteiger partial charge in [-0.3, -0.25) is 10.2 Å². The number of aromatic nitrogens is 4. The van der Waals surface area contributed by atoms with Gasteiger partial charge < -0.3 is 14.1 Å². The molecule has 0 radical (unpaired) electrons. The zero-order valence-corrected chi connectivity index (χ0v) is 23.4. The van der Waals surface area contributed by atoms with E-state index >= 15 is 0 Å². The van der Waals surface area contributed by atoms with Crippen LogP contribution in [-0.2, 0) is 4.74 Å². The lowest BCUT2D eigenvalue weighted by atomic mass is 9.94. The number of benzene rings is 2. The van der Waals surface area contributed by atoms with Crippen LogP contribution in [0.25, 0.3) is 33.7 Å². The summed E-state index contributed by atoms with van der Waals surface area (Å²) in [6, 6.07) is 17.4. The molecule has 3 heterocycles. The molecular formula is C31H29ClN5O4+. The van der Waals surface area contributed by atoms with Crippen molar-refractivity contribution in [2.24, 2.45) is 5.92 Å². The Morgan fingerprint density at radius 2 is 1.90 bits per heavy atom. The molecule has 0 bridgehead atoms. The van der Waals surface area contributed by atoms with Gasteiger partial charge in [0.25, 0.3) is 0 Å². The number of nitrogens with zero attached hydrogens (tertiary/aromatic N) is 3. The van der Waals surface area contributed by atoms with Gasteiger partial charge in [-0.15, -0.1) is 0 Å². The number of imidazole rings is 1. The van der Waals surface area contributed by atoms with Crippen molar-refractivity contribution in [3.05, 3.63) is 96.1 Å². The predicted octanol–water partition coefficient (Wildman–Crippen LogP) is 6.51. The molecule has 0 saturated heterocycles. The van der Waals surface area contributed by atoms with Gasteiger partial charge in [-0.05, 0) is 54.3 Å². The molecule has 2 aromatic carbocycles. The molecule has 9 nitrogen and oxygen atoms in total. The Kier molecular flexibility index (Phi) is 7.43. The molecule has 6 rings (SSSR count). The molecular weight excluding hydrogens is 542 g/mol. The van der Waals surface area contributed by atoms with Crippen molar-refractivity contribution in [3.63, 3.8) is 0 Å². The molecule has 208 valence electrons. The standard InChI is InChI=1S/C31H28ClN5O4/c1-39-31(38)35-23-9-5-20(6-10-23)27-15-34-30(36-27)26(13-19-3-4-19)28-12-7-21(17-37(28)40-2)25-14-22(32)8-11-24(25)29-16-33-18-41-29/h5-12,14-19,26H,3-4,13H2,1-2H3,(H-,34,35,36,38)/p+1.